The van der Waals surface area contributed by atoms with Crippen molar-refractivity contribution >= 4 is 16.8 Å². The topological polar surface area (TPSA) is 43.4 Å². The molecular weight excluding hydrogens is 212 g/mol. The van der Waals surface area contributed by atoms with E-state index in [0.29, 0.717) is 17.4 Å². The highest BCUT2D eigenvalue weighted by Gasteiger charge is 2.16. The summed E-state index contributed by atoms with van der Waals surface area (Å²) in [4.78, 5) is 11.1. The van der Waals surface area contributed by atoms with Gasteiger partial charge in [-0.25, -0.2) is 0 Å². The number of ether oxygens (including phenoxy) is 1. The predicted molar refractivity (Wildman–Crippen MR) is 63.1 cm³/mol. The molecule has 0 aliphatic rings. The van der Waals surface area contributed by atoms with Crippen molar-refractivity contribution in [3.05, 3.63) is 0 Å². The molecule has 0 aromatic carbocycles. The number of carbonyl (C=O) groups excluding carboxylic acids is 1. The van der Waals surface area contributed by atoms with E-state index in [1.807, 2.05) is 0 Å². The molecule has 0 amide bonds. The maximum atomic E-state index is 11.6. The van der Waals surface area contributed by atoms with Crippen molar-refractivity contribution in [2.45, 2.75) is 33.6 Å². The van der Waals surface area contributed by atoms with Gasteiger partial charge in [0.1, 0.15) is 0 Å². The number of methoxy groups -OCH3 is 1. The molecule has 0 saturated heterocycles. The van der Waals surface area contributed by atoms with Gasteiger partial charge in [0.15, 0.2) is 0 Å². The summed E-state index contributed by atoms with van der Waals surface area (Å²) in [5.74, 6) is 1.24. The van der Waals surface area contributed by atoms with Crippen LogP contribution in [-0.2, 0) is 20.3 Å². The van der Waals surface area contributed by atoms with E-state index in [1.165, 1.54) is 7.11 Å². The highest BCUT2D eigenvalue weighted by molar-refractivity contribution is 7.85. The number of esters is 1. The molecule has 0 aromatic heterocycles. The van der Waals surface area contributed by atoms with Gasteiger partial charge in [0, 0.05) is 22.3 Å². The molecule has 0 bridgehead atoms. The summed E-state index contributed by atoms with van der Waals surface area (Å²) in [7, 11) is 0.472. The lowest BCUT2D eigenvalue weighted by molar-refractivity contribution is -0.144. The van der Waals surface area contributed by atoms with E-state index in [4.69, 9.17) is 0 Å². The van der Waals surface area contributed by atoms with Crippen LogP contribution in [0.15, 0.2) is 0 Å². The quantitative estimate of drug-likeness (QED) is 0.633. The minimum absolute atomic E-state index is 0.255. The summed E-state index contributed by atoms with van der Waals surface area (Å²) in [5, 5.41) is 0. The molecule has 0 saturated carbocycles. The highest BCUT2D eigenvalue weighted by Crippen LogP contribution is 2.07. The third-order valence-electron chi connectivity index (χ3n) is 2.19. The normalized spacial score (nSPS) is 15.0. The van der Waals surface area contributed by atoms with E-state index in [2.05, 4.69) is 18.6 Å². The molecule has 0 rings (SSSR count). The van der Waals surface area contributed by atoms with E-state index in [1.54, 1.807) is 6.92 Å². The van der Waals surface area contributed by atoms with E-state index in [-0.39, 0.29) is 11.9 Å². The number of hydrogen-bond acceptors (Lipinski definition) is 3. The molecule has 15 heavy (non-hydrogen) atoms. The van der Waals surface area contributed by atoms with Crippen LogP contribution in [-0.4, -0.2) is 28.8 Å². The second-order valence-electron chi connectivity index (χ2n) is 4.27. The molecule has 2 unspecified atom stereocenters. The van der Waals surface area contributed by atoms with E-state index in [0.717, 1.165) is 12.8 Å². The summed E-state index contributed by atoms with van der Waals surface area (Å²) >= 11 is 0. The third kappa shape index (κ3) is 7.54. The molecule has 0 aliphatic carbocycles. The zero-order valence-corrected chi connectivity index (χ0v) is 10.9. The van der Waals surface area contributed by atoms with Gasteiger partial charge in [-0.2, -0.15) is 0 Å². The van der Waals surface area contributed by atoms with Gasteiger partial charge in [-0.15, -0.1) is 0 Å². The van der Waals surface area contributed by atoms with Crippen LogP contribution in [0, 0.1) is 11.8 Å². The highest BCUT2D eigenvalue weighted by atomic mass is 32.2. The Morgan fingerprint density at radius 3 is 2.40 bits per heavy atom. The lowest BCUT2D eigenvalue weighted by Crippen LogP contribution is -2.20. The molecule has 0 heterocycles. The molecule has 0 aromatic rings. The Hall–Kier alpha value is -0.380. The average Bonchev–Trinajstić information content (AvgIpc) is 2.15. The van der Waals surface area contributed by atoms with Gasteiger partial charge in [0.2, 0.25) is 0 Å². The first kappa shape index (κ1) is 14.6. The van der Waals surface area contributed by atoms with Gasteiger partial charge in [-0.1, -0.05) is 27.2 Å². The molecule has 0 spiro atoms. The Morgan fingerprint density at radius 1 is 1.33 bits per heavy atom. The fourth-order valence-electron chi connectivity index (χ4n) is 1.28. The van der Waals surface area contributed by atoms with Gasteiger partial charge in [-0.3, -0.25) is 9.00 Å². The van der Waals surface area contributed by atoms with Gasteiger partial charge < -0.3 is 4.74 Å². The summed E-state index contributed by atoms with van der Waals surface area (Å²) in [6.07, 6.45) is 2.07. The van der Waals surface area contributed by atoms with Crippen molar-refractivity contribution in [2.75, 3.05) is 18.6 Å². The Balaban J connectivity index is 3.69. The molecule has 0 radical (unpaired) electrons. The monoisotopic (exact) mass is 234 g/mol. The first-order chi connectivity index (χ1) is 6.97. The van der Waals surface area contributed by atoms with Crippen LogP contribution in [0.25, 0.3) is 0 Å². The molecule has 0 aliphatic heterocycles. The van der Waals surface area contributed by atoms with Crippen molar-refractivity contribution < 1.29 is 13.7 Å². The van der Waals surface area contributed by atoms with Crippen LogP contribution < -0.4 is 0 Å². The Morgan fingerprint density at radius 2 is 1.93 bits per heavy atom. The van der Waals surface area contributed by atoms with Gasteiger partial charge in [0.05, 0.1) is 13.0 Å². The molecule has 0 fully saturated rings. The first-order valence-electron chi connectivity index (χ1n) is 5.40. The molecule has 90 valence electrons. The molecular formula is C11H22O3S. The zero-order chi connectivity index (χ0) is 11.8. The van der Waals surface area contributed by atoms with Crippen molar-refractivity contribution in [1.82, 2.24) is 0 Å². The number of hydrogen-bond donors (Lipinski definition) is 0. The Kier molecular flexibility index (Phi) is 7.65. The summed E-state index contributed by atoms with van der Waals surface area (Å²) in [5.41, 5.74) is 0. The fourth-order valence-corrected chi connectivity index (χ4v) is 2.63. The van der Waals surface area contributed by atoms with Crippen molar-refractivity contribution in [3.8, 4) is 0 Å². The van der Waals surface area contributed by atoms with Crippen molar-refractivity contribution in [3.63, 3.8) is 0 Å². The van der Waals surface area contributed by atoms with Crippen LogP contribution in [0.3, 0.4) is 0 Å². The number of carbonyl (C=O) groups is 1. The molecule has 4 heteroatoms. The smallest absolute Gasteiger partial charge is 0.309 e. The van der Waals surface area contributed by atoms with Gasteiger partial charge >= 0.3 is 5.97 Å². The van der Waals surface area contributed by atoms with Crippen LogP contribution in [0.5, 0.6) is 0 Å². The van der Waals surface area contributed by atoms with Crippen molar-refractivity contribution in [1.29, 1.82) is 0 Å². The summed E-state index contributed by atoms with van der Waals surface area (Å²) < 4.78 is 16.1. The zero-order valence-electron chi connectivity index (χ0n) is 10.1. The Labute approximate surface area is 95.0 Å². The average molecular weight is 234 g/mol. The van der Waals surface area contributed by atoms with E-state index < -0.39 is 10.8 Å². The van der Waals surface area contributed by atoms with Crippen LogP contribution >= 0.6 is 0 Å². The first-order valence-corrected chi connectivity index (χ1v) is 6.89. The second-order valence-corrected chi connectivity index (χ2v) is 5.89. The lowest BCUT2D eigenvalue weighted by Gasteiger charge is -2.09. The maximum Gasteiger partial charge on any atom is 0.309 e. The largest absolute Gasteiger partial charge is 0.469 e. The van der Waals surface area contributed by atoms with Gasteiger partial charge in [-0.05, 0) is 12.3 Å². The standard InChI is InChI=1S/C11H22O3S/c1-9(2)6-5-7-15(13)8-10(3)11(12)14-4/h9-10H,5-8H2,1-4H3. The number of rotatable bonds is 7. The van der Waals surface area contributed by atoms with E-state index in [9.17, 15) is 9.00 Å². The van der Waals surface area contributed by atoms with Crippen molar-refractivity contribution in [2.24, 2.45) is 11.8 Å². The lowest BCUT2D eigenvalue weighted by atomic mass is 10.1. The predicted octanol–water partition coefficient (Wildman–Crippen LogP) is 1.98. The summed E-state index contributed by atoms with van der Waals surface area (Å²) in [6.45, 7) is 6.06. The fraction of sp³-hybridized carbons (Fsp3) is 0.909. The van der Waals surface area contributed by atoms with Gasteiger partial charge in [0.25, 0.3) is 0 Å². The van der Waals surface area contributed by atoms with Crippen LogP contribution in [0.2, 0.25) is 0 Å². The van der Waals surface area contributed by atoms with E-state index >= 15 is 0 Å². The van der Waals surface area contributed by atoms with Crippen LogP contribution in [0.1, 0.15) is 33.6 Å². The molecule has 0 N–H and O–H groups in total. The minimum atomic E-state index is -0.890. The third-order valence-corrected chi connectivity index (χ3v) is 3.81. The SMILES string of the molecule is COC(=O)C(C)CS(=O)CCCC(C)C. The molecule has 2 atom stereocenters. The Bertz CT molecular complexity index is 214. The second kappa shape index (κ2) is 7.85. The van der Waals surface area contributed by atoms with Crippen LogP contribution in [0.4, 0.5) is 0 Å². The maximum absolute atomic E-state index is 11.6. The molecule has 3 nitrogen and oxygen atoms in total. The summed E-state index contributed by atoms with van der Waals surface area (Å²) in [6, 6.07) is 0. The minimum Gasteiger partial charge on any atom is -0.469 e.